The van der Waals surface area contributed by atoms with Gasteiger partial charge in [-0.2, -0.15) is 0 Å². The molecule has 0 amide bonds. The average molecular weight is 290 g/mol. The number of pyridine rings is 1. The Bertz CT molecular complexity index is 580. The van der Waals surface area contributed by atoms with Crippen LogP contribution < -0.4 is 0 Å². The third kappa shape index (κ3) is 1.74. The first-order chi connectivity index (χ1) is 8.25. The van der Waals surface area contributed by atoms with Crippen molar-refractivity contribution >= 4 is 21.9 Å². The molecule has 1 aliphatic heterocycles. The molecule has 0 N–H and O–H groups in total. The van der Waals surface area contributed by atoms with Crippen LogP contribution in [0.3, 0.4) is 0 Å². The van der Waals surface area contributed by atoms with Gasteiger partial charge in [0.15, 0.2) is 6.10 Å². The van der Waals surface area contributed by atoms with E-state index >= 15 is 0 Å². The standard InChI is InChI=1S/C13H8BrNO2/c14-9-3-1-8(2-4-9)12-10-5-6-15-7-11(10)13(16)17-12/h1-7,12H/t12-/m0/s1. The van der Waals surface area contributed by atoms with Gasteiger partial charge in [-0.15, -0.1) is 0 Å². The molecule has 0 spiro atoms. The molecular weight excluding hydrogens is 282 g/mol. The fourth-order valence-corrected chi connectivity index (χ4v) is 2.19. The SMILES string of the molecule is O=C1O[C@@H](c2ccc(Br)cc2)c2ccncc21. The molecule has 0 saturated carbocycles. The lowest BCUT2D eigenvalue weighted by molar-refractivity contribution is 0.0455. The van der Waals surface area contributed by atoms with Gasteiger partial charge in [0.05, 0.1) is 5.56 Å². The van der Waals surface area contributed by atoms with Crippen molar-refractivity contribution in [2.75, 3.05) is 0 Å². The van der Waals surface area contributed by atoms with Crippen LogP contribution in [0.1, 0.15) is 27.6 Å². The molecule has 1 atom stereocenters. The molecule has 84 valence electrons. The van der Waals surface area contributed by atoms with Crippen LogP contribution >= 0.6 is 15.9 Å². The normalized spacial score (nSPS) is 17.7. The lowest BCUT2D eigenvalue weighted by Gasteiger charge is -2.10. The Kier molecular flexibility index (Phi) is 2.44. The zero-order chi connectivity index (χ0) is 11.8. The number of halogens is 1. The second-order valence-corrected chi connectivity index (χ2v) is 4.72. The van der Waals surface area contributed by atoms with Crippen molar-refractivity contribution in [3.8, 4) is 0 Å². The van der Waals surface area contributed by atoms with E-state index in [9.17, 15) is 4.79 Å². The van der Waals surface area contributed by atoms with E-state index in [2.05, 4.69) is 20.9 Å². The monoisotopic (exact) mass is 289 g/mol. The molecule has 1 aromatic carbocycles. The molecule has 0 radical (unpaired) electrons. The Morgan fingerprint density at radius 1 is 1.18 bits per heavy atom. The minimum absolute atomic E-state index is 0.305. The highest BCUT2D eigenvalue weighted by Crippen LogP contribution is 2.35. The van der Waals surface area contributed by atoms with Crippen LogP contribution in [-0.4, -0.2) is 11.0 Å². The molecule has 1 aromatic heterocycles. The predicted octanol–water partition coefficient (Wildman–Crippen LogP) is 3.10. The summed E-state index contributed by atoms with van der Waals surface area (Å²) in [5.74, 6) is -0.305. The lowest BCUT2D eigenvalue weighted by atomic mass is 10.0. The molecule has 2 heterocycles. The second-order valence-electron chi connectivity index (χ2n) is 3.80. The highest BCUT2D eigenvalue weighted by molar-refractivity contribution is 9.10. The van der Waals surface area contributed by atoms with Gasteiger partial charge in [0.25, 0.3) is 0 Å². The van der Waals surface area contributed by atoms with Crippen molar-refractivity contribution < 1.29 is 9.53 Å². The zero-order valence-electron chi connectivity index (χ0n) is 8.76. The summed E-state index contributed by atoms with van der Waals surface area (Å²) < 4.78 is 6.36. The van der Waals surface area contributed by atoms with Gasteiger partial charge in [-0.1, -0.05) is 28.1 Å². The van der Waals surface area contributed by atoms with Crippen molar-refractivity contribution in [3.05, 3.63) is 63.9 Å². The fourth-order valence-electron chi connectivity index (χ4n) is 1.92. The molecular formula is C13H8BrNO2. The summed E-state index contributed by atoms with van der Waals surface area (Å²) >= 11 is 3.38. The number of benzene rings is 1. The second kappa shape index (κ2) is 3.96. The minimum atomic E-state index is -0.311. The van der Waals surface area contributed by atoms with E-state index in [-0.39, 0.29) is 12.1 Å². The molecule has 2 aromatic rings. The number of ether oxygens (including phenoxy) is 1. The van der Waals surface area contributed by atoms with Crippen molar-refractivity contribution in [2.24, 2.45) is 0 Å². The fraction of sp³-hybridized carbons (Fsp3) is 0.0769. The van der Waals surface area contributed by atoms with Gasteiger partial charge in [-0.3, -0.25) is 4.98 Å². The maximum atomic E-state index is 11.6. The summed E-state index contributed by atoms with van der Waals surface area (Å²) in [6.07, 6.45) is 2.91. The number of fused-ring (bicyclic) bond motifs is 1. The average Bonchev–Trinajstić information content (AvgIpc) is 2.69. The Morgan fingerprint density at radius 3 is 2.71 bits per heavy atom. The maximum Gasteiger partial charge on any atom is 0.341 e. The largest absolute Gasteiger partial charge is 0.449 e. The van der Waals surface area contributed by atoms with Gasteiger partial charge in [-0.05, 0) is 23.8 Å². The van der Waals surface area contributed by atoms with E-state index in [0.29, 0.717) is 5.56 Å². The van der Waals surface area contributed by atoms with Crippen LogP contribution in [0.25, 0.3) is 0 Å². The molecule has 17 heavy (non-hydrogen) atoms. The van der Waals surface area contributed by atoms with Crippen LogP contribution in [0, 0.1) is 0 Å². The number of carbonyl (C=O) groups is 1. The molecule has 1 aliphatic rings. The summed E-state index contributed by atoms with van der Waals surface area (Å²) in [5.41, 5.74) is 2.40. The Labute approximate surface area is 107 Å². The van der Waals surface area contributed by atoms with Crippen LogP contribution in [0.2, 0.25) is 0 Å². The Balaban J connectivity index is 2.07. The molecule has 0 fully saturated rings. The van der Waals surface area contributed by atoms with Gasteiger partial charge in [0, 0.05) is 22.4 Å². The Morgan fingerprint density at radius 2 is 1.94 bits per heavy atom. The van der Waals surface area contributed by atoms with E-state index in [1.165, 1.54) is 0 Å². The number of carbonyl (C=O) groups excluding carboxylic acids is 1. The number of aromatic nitrogens is 1. The van der Waals surface area contributed by atoms with Gasteiger partial charge in [0.2, 0.25) is 0 Å². The molecule has 0 aliphatic carbocycles. The van der Waals surface area contributed by atoms with Crippen molar-refractivity contribution in [1.82, 2.24) is 4.98 Å². The van der Waals surface area contributed by atoms with E-state index < -0.39 is 0 Å². The summed E-state index contributed by atoms with van der Waals surface area (Å²) in [5, 5.41) is 0. The van der Waals surface area contributed by atoms with Gasteiger partial charge in [0.1, 0.15) is 0 Å². The summed E-state index contributed by atoms with van der Waals surface area (Å²) in [6, 6.07) is 9.58. The predicted molar refractivity (Wildman–Crippen MR) is 65.6 cm³/mol. The Hall–Kier alpha value is -1.68. The number of hydrogen-bond acceptors (Lipinski definition) is 3. The van der Waals surface area contributed by atoms with Crippen LogP contribution in [0.4, 0.5) is 0 Å². The number of hydrogen-bond donors (Lipinski definition) is 0. The molecule has 0 bridgehead atoms. The highest BCUT2D eigenvalue weighted by Gasteiger charge is 2.31. The smallest absolute Gasteiger partial charge is 0.341 e. The molecule has 0 unspecified atom stereocenters. The van der Waals surface area contributed by atoms with Crippen LogP contribution in [-0.2, 0) is 4.74 Å². The summed E-state index contributed by atoms with van der Waals surface area (Å²) in [4.78, 5) is 15.6. The molecule has 3 rings (SSSR count). The zero-order valence-corrected chi connectivity index (χ0v) is 10.3. The van der Waals surface area contributed by atoms with Crippen molar-refractivity contribution in [3.63, 3.8) is 0 Å². The van der Waals surface area contributed by atoms with Gasteiger partial charge < -0.3 is 4.74 Å². The van der Waals surface area contributed by atoms with Gasteiger partial charge in [-0.25, -0.2) is 4.79 Å². The molecule has 3 nitrogen and oxygen atoms in total. The molecule has 0 saturated heterocycles. The number of cyclic esters (lactones) is 1. The van der Waals surface area contributed by atoms with Crippen molar-refractivity contribution in [1.29, 1.82) is 0 Å². The van der Waals surface area contributed by atoms with E-state index in [4.69, 9.17) is 4.74 Å². The number of rotatable bonds is 1. The quantitative estimate of drug-likeness (QED) is 0.758. The van der Waals surface area contributed by atoms with Crippen molar-refractivity contribution in [2.45, 2.75) is 6.10 Å². The van der Waals surface area contributed by atoms with Crippen LogP contribution in [0.5, 0.6) is 0 Å². The number of nitrogens with zero attached hydrogens (tertiary/aromatic N) is 1. The van der Waals surface area contributed by atoms with Gasteiger partial charge >= 0.3 is 5.97 Å². The first kappa shape index (κ1) is 10.5. The summed E-state index contributed by atoms with van der Waals surface area (Å²) in [7, 11) is 0. The first-order valence-electron chi connectivity index (χ1n) is 5.16. The third-order valence-electron chi connectivity index (χ3n) is 2.75. The maximum absolute atomic E-state index is 11.6. The lowest BCUT2D eigenvalue weighted by Crippen LogP contribution is -2.00. The third-order valence-corrected chi connectivity index (χ3v) is 3.28. The summed E-state index contributed by atoms with van der Waals surface area (Å²) in [6.45, 7) is 0. The van der Waals surface area contributed by atoms with E-state index in [0.717, 1.165) is 15.6 Å². The van der Waals surface area contributed by atoms with Crippen LogP contribution in [0.15, 0.2) is 47.2 Å². The first-order valence-corrected chi connectivity index (χ1v) is 5.95. The highest BCUT2D eigenvalue weighted by atomic mass is 79.9. The topological polar surface area (TPSA) is 39.2 Å². The minimum Gasteiger partial charge on any atom is -0.449 e. The van der Waals surface area contributed by atoms with E-state index in [1.54, 1.807) is 12.4 Å². The van der Waals surface area contributed by atoms with E-state index in [1.807, 2.05) is 30.3 Å². The number of esters is 1. The molecule has 4 heteroatoms.